The van der Waals surface area contributed by atoms with E-state index in [0.717, 1.165) is 44.9 Å². The van der Waals surface area contributed by atoms with Gasteiger partial charge in [-0.1, -0.05) is 66.2 Å². The molecule has 2 saturated carbocycles. The number of likely N-dealkylation sites (N-methyl/N-ethyl adjacent to an activating group) is 1. The van der Waals surface area contributed by atoms with E-state index in [4.69, 9.17) is 0 Å². The molecule has 266 valence electrons. The van der Waals surface area contributed by atoms with Crippen LogP contribution in [0.1, 0.15) is 98.3 Å². The fraction of sp³-hybridized carbons (Fsp3) is 0.848. The smallest absolute Gasteiger partial charge is 0.315 e. The number of carbonyl (C=O) groups excluding carboxylic acids is 5. The molecule has 2 aliphatic carbocycles. The highest BCUT2D eigenvalue weighted by Gasteiger charge is 2.46. The number of ketones is 1. The minimum absolute atomic E-state index is 0.0962. The average molecular weight is 681 g/mol. The Balaban J connectivity index is 1.53. The lowest BCUT2D eigenvalue weighted by Crippen LogP contribution is -2.61. The largest absolute Gasteiger partial charge is 0.353 e. The molecule has 2 heterocycles. The topological polar surface area (TPSA) is 174 Å². The van der Waals surface area contributed by atoms with Gasteiger partial charge in [-0.05, 0) is 55.3 Å². The Bertz CT molecular complexity index is 1270. The third-order valence-corrected chi connectivity index (χ3v) is 12.5. The van der Waals surface area contributed by atoms with E-state index in [1.165, 1.54) is 11.4 Å². The summed E-state index contributed by atoms with van der Waals surface area (Å²) in [6, 6.07) is -3.71. The van der Waals surface area contributed by atoms with Gasteiger partial charge in [-0.2, -0.15) is 4.31 Å². The van der Waals surface area contributed by atoms with Crippen LogP contribution in [0.5, 0.6) is 0 Å². The van der Waals surface area contributed by atoms with Gasteiger partial charge in [0.15, 0.2) is 0 Å². The quantitative estimate of drug-likeness (QED) is 0.215. The molecule has 2 saturated heterocycles. The monoisotopic (exact) mass is 680 g/mol. The van der Waals surface area contributed by atoms with Gasteiger partial charge in [0.2, 0.25) is 27.6 Å². The van der Waals surface area contributed by atoms with Crippen molar-refractivity contribution in [2.75, 3.05) is 32.4 Å². The van der Waals surface area contributed by atoms with Crippen LogP contribution in [-0.4, -0.2) is 104 Å². The summed E-state index contributed by atoms with van der Waals surface area (Å²) >= 11 is 0. The van der Waals surface area contributed by atoms with Gasteiger partial charge < -0.3 is 26.2 Å². The average Bonchev–Trinajstić information content (AvgIpc) is 3.64. The maximum Gasteiger partial charge on any atom is 0.315 e. The Labute approximate surface area is 280 Å². The lowest BCUT2D eigenvalue weighted by Gasteiger charge is -2.37. The van der Waals surface area contributed by atoms with Gasteiger partial charge in [0.25, 0.3) is 5.91 Å². The van der Waals surface area contributed by atoms with Crippen molar-refractivity contribution in [3.05, 3.63) is 0 Å². The summed E-state index contributed by atoms with van der Waals surface area (Å²) in [6.07, 6.45) is 8.51. The number of hydrogen-bond donors (Lipinski definition) is 4. The highest BCUT2D eigenvalue weighted by molar-refractivity contribution is 7.89. The Morgan fingerprint density at radius 2 is 1.55 bits per heavy atom. The molecule has 4 rings (SSSR count). The van der Waals surface area contributed by atoms with E-state index >= 15 is 0 Å². The number of nitrogens with one attached hydrogen (secondary N) is 4. The predicted octanol–water partition coefficient (Wildman–Crippen LogP) is 1.91. The van der Waals surface area contributed by atoms with Crippen molar-refractivity contribution in [3.8, 4) is 0 Å². The maximum absolute atomic E-state index is 14.4. The minimum Gasteiger partial charge on any atom is -0.353 e. The molecule has 14 heteroatoms. The molecule has 13 nitrogen and oxygen atoms in total. The first-order valence-electron chi connectivity index (χ1n) is 17.6. The molecule has 5 amide bonds. The van der Waals surface area contributed by atoms with Gasteiger partial charge in [-0.25, -0.2) is 13.2 Å². The summed E-state index contributed by atoms with van der Waals surface area (Å²) in [6.45, 7) is 8.68. The van der Waals surface area contributed by atoms with Gasteiger partial charge in [-0.3, -0.25) is 19.2 Å². The van der Waals surface area contributed by atoms with Crippen LogP contribution in [-0.2, 0) is 29.2 Å². The highest BCUT2D eigenvalue weighted by atomic mass is 32.2. The standard InChI is InChI=1S/C33H56N6O7S/c1-6-22-15-17-39(27(22)29(41)35-24(19-21-13-14-21)28(40)30(42)34-5)31(43)26(23-11-8-7-9-12-23)37-32(44)36-25(33(2,3)4)20-38-16-10-18-47(38,45)46/h21-27H,6-20H2,1-5H3,(H,34,42)(H,35,41)(H2,36,37,44)/t22-,24?,25+,26-,27-/m0/s1. The van der Waals surface area contributed by atoms with Crippen LogP contribution in [0.15, 0.2) is 0 Å². The molecule has 0 aromatic carbocycles. The number of nitrogens with zero attached hydrogens (tertiary/aromatic N) is 2. The molecule has 47 heavy (non-hydrogen) atoms. The Hall–Kier alpha value is -2.74. The number of likely N-dealkylation sites (tertiary alicyclic amines) is 1. The van der Waals surface area contributed by atoms with Gasteiger partial charge in [-0.15, -0.1) is 0 Å². The lowest BCUT2D eigenvalue weighted by molar-refractivity contribution is -0.144. The summed E-state index contributed by atoms with van der Waals surface area (Å²) in [5.74, 6) is -2.10. The fourth-order valence-corrected chi connectivity index (χ4v) is 8.88. The SMILES string of the molecule is CC[C@H]1CCN(C(=O)[C@@H](NC(=O)N[C@H](CN2CCCS2(=O)=O)C(C)(C)C)C2CCCCC2)[C@@H]1C(=O)NC(CC1CC1)C(=O)C(=O)NC. The van der Waals surface area contributed by atoms with Crippen LogP contribution in [0, 0.1) is 23.2 Å². The molecule has 4 fully saturated rings. The van der Waals surface area contributed by atoms with Crippen LogP contribution in [0.25, 0.3) is 0 Å². The zero-order valence-corrected chi connectivity index (χ0v) is 29.6. The molecule has 1 unspecified atom stereocenters. The zero-order valence-electron chi connectivity index (χ0n) is 28.8. The molecule has 0 radical (unpaired) electrons. The number of Topliss-reactive ketones (excluding diaryl/α,β-unsaturated/α-hetero) is 1. The van der Waals surface area contributed by atoms with Crippen molar-refractivity contribution in [3.63, 3.8) is 0 Å². The van der Waals surface area contributed by atoms with E-state index in [1.807, 2.05) is 27.7 Å². The summed E-state index contributed by atoms with van der Waals surface area (Å²) in [4.78, 5) is 68.7. The van der Waals surface area contributed by atoms with Crippen LogP contribution < -0.4 is 21.3 Å². The molecule has 2 aliphatic heterocycles. The van der Waals surface area contributed by atoms with E-state index in [2.05, 4.69) is 21.3 Å². The van der Waals surface area contributed by atoms with E-state index in [0.29, 0.717) is 38.8 Å². The minimum atomic E-state index is -3.37. The van der Waals surface area contributed by atoms with Crippen molar-refractivity contribution >= 4 is 39.6 Å². The first-order valence-corrected chi connectivity index (χ1v) is 19.2. The number of hydrogen-bond acceptors (Lipinski definition) is 7. The highest BCUT2D eigenvalue weighted by Crippen LogP contribution is 2.35. The Kier molecular flexibility index (Phi) is 12.3. The first kappa shape index (κ1) is 37.1. The first-order chi connectivity index (χ1) is 22.2. The van der Waals surface area contributed by atoms with E-state index in [1.54, 1.807) is 4.90 Å². The van der Waals surface area contributed by atoms with Crippen molar-refractivity contribution in [2.24, 2.45) is 23.2 Å². The van der Waals surface area contributed by atoms with Gasteiger partial charge in [0, 0.05) is 32.7 Å². The van der Waals surface area contributed by atoms with Gasteiger partial charge >= 0.3 is 6.03 Å². The van der Waals surface area contributed by atoms with Crippen molar-refractivity contribution in [1.82, 2.24) is 30.5 Å². The predicted molar refractivity (Wildman–Crippen MR) is 177 cm³/mol. The summed E-state index contributed by atoms with van der Waals surface area (Å²) < 4.78 is 26.5. The maximum atomic E-state index is 14.4. The molecular formula is C33H56N6O7S. The Morgan fingerprint density at radius 3 is 2.11 bits per heavy atom. The number of carbonyl (C=O) groups is 5. The van der Waals surface area contributed by atoms with Gasteiger partial charge in [0.05, 0.1) is 11.8 Å². The molecular weight excluding hydrogens is 624 g/mol. The number of sulfonamides is 1. The van der Waals surface area contributed by atoms with Crippen molar-refractivity contribution < 1.29 is 32.4 Å². The molecule has 0 spiro atoms. The molecule has 4 aliphatic rings. The summed E-state index contributed by atoms with van der Waals surface area (Å²) in [5.41, 5.74) is -0.463. The lowest BCUT2D eigenvalue weighted by atomic mass is 9.83. The molecule has 0 bridgehead atoms. The fourth-order valence-electron chi connectivity index (χ4n) is 7.35. The van der Waals surface area contributed by atoms with E-state index in [9.17, 15) is 32.4 Å². The van der Waals surface area contributed by atoms with Gasteiger partial charge in [0.1, 0.15) is 12.1 Å². The molecule has 4 N–H and O–H groups in total. The van der Waals surface area contributed by atoms with Crippen LogP contribution in [0.4, 0.5) is 4.79 Å². The third-order valence-electron chi connectivity index (χ3n) is 10.6. The number of amides is 5. The molecule has 0 aromatic heterocycles. The van der Waals surface area contributed by atoms with E-state index < -0.39 is 63.2 Å². The number of rotatable bonds is 13. The normalized spacial score (nSPS) is 25.4. The van der Waals surface area contributed by atoms with Crippen LogP contribution in [0.3, 0.4) is 0 Å². The van der Waals surface area contributed by atoms with Crippen molar-refractivity contribution in [2.45, 2.75) is 122 Å². The second kappa shape index (κ2) is 15.7. The number of urea groups is 1. The second-order valence-corrected chi connectivity index (χ2v) is 17.1. The summed E-state index contributed by atoms with van der Waals surface area (Å²) in [7, 11) is -1.99. The molecule has 0 aromatic rings. The van der Waals surface area contributed by atoms with E-state index in [-0.39, 0.29) is 36.0 Å². The summed E-state index contributed by atoms with van der Waals surface area (Å²) in [5, 5.41) is 11.2. The van der Waals surface area contributed by atoms with Crippen LogP contribution >= 0.6 is 0 Å². The zero-order chi connectivity index (χ0) is 34.5. The third kappa shape index (κ3) is 9.45. The Morgan fingerprint density at radius 1 is 0.872 bits per heavy atom. The van der Waals surface area contributed by atoms with Crippen molar-refractivity contribution in [1.29, 1.82) is 0 Å². The molecule has 5 atom stereocenters. The second-order valence-electron chi connectivity index (χ2n) is 15.1. The van der Waals surface area contributed by atoms with Crippen LogP contribution in [0.2, 0.25) is 0 Å².